The Morgan fingerprint density at radius 2 is 1.04 bits per heavy atom. The molecule has 2 rings (SSSR count). The first-order valence-electron chi connectivity index (χ1n) is 10.6. The summed E-state index contributed by atoms with van der Waals surface area (Å²) < 4.78 is 11.3. The Labute approximate surface area is 159 Å². The molecule has 2 aliphatic carbocycles. The molecule has 2 saturated carbocycles. The van der Waals surface area contributed by atoms with Gasteiger partial charge in [-0.3, -0.25) is 0 Å². The molecule has 26 heavy (non-hydrogen) atoms. The van der Waals surface area contributed by atoms with E-state index in [4.69, 9.17) is 9.47 Å². The Balaban J connectivity index is 1.96. The third kappa shape index (κ3) is 5.47. The summed E-state index contributed by atoms with van der Waals surface area (Å²) in [5.74, 6) is 1.03. The van der Waals surface area contributed by atoms with Crippen LogP contribution in [-0.4, -0.2) is 24.1 Å². The number of hydrogen-bond acceptors (Lipinski definition) is 4. The van der Waals surface area contributed by atoms with Gasteiger partial charge in [-0.2, -0.15) is 0 Å². The Bertz CT molecular complexity index is 441. The molecule has 0 aromatic carbocycles. The molecule has 4 nitrogen and oxygen atoms in total. The molecule has 6 unspecified atom stereocenters. The molecule has 0 radical (unpaired) electrons. The van der Waals surface area contributed by atoms with E-state index in [9.17, 15) is 9.59 Å². The highest BCUT2D eigenvalue weighted by Crippen LogP contribution is 2.37. The second-order valence-electron chi connectivity index (χ2n) is 9.54. The van der Waals surface area contributed by atoms with Gasteiger partial charge in [0.05, 0.1) is 0 Å². The lowest BCUT2D eigenvalue weighted by atomic mass is 9.75. The summed E-state index contributed by atoms with van der Waals surface area (Å²) >= 11 is 0. The molecular weight excluding hydrogens is 328 g/mol. The van der Waals surface area contributed by atoms with Crippen LogP contribution in [0.1, 0.15) is 80.1 Å². The van der Waals surface area contributed by atoms with Crippen LogP contribution in [0.15, 0.2) is 0 Å². The second kappa shape index (κ2) is 9.23. The molecule has 0 amide bonds. The van der Waals surface area contributed by atoms with Gasteiger partial charge >= 0.3 is 11.9 Å². The zero-order valence-electron chi connectivity index (χ0n) is 17.5. The minimum Gasteiger partial charge on any atom is -0.454 e. The Kier molecular flexibility index (Phi) is 7.54. The normalized spacial score (nSPS) is 35.4. The number of ether oxygens (including phenoxy) is 2. The van der Waals surface area contributed by atoms with Crippen molar-refractivity contribution in [2.75, 3.05) is 0 Å². The lowest BCUT2D eigenvalue weighted by Gasteiger charge is -2.37. The van der Waals surface area contributed by atoms with Gasteiger partial charge in [-0.15, -0.1) is 0 Å². The van der Waals surface area contributed by atoms with Crippen molar-refractivity contribution >= 4 is 11.9 Å². The van der Waals surface area contributed by atoms with Crippen LogP contribution in [0.4, 0.5) is 0 Å². The maximum Gasteiger partial charge on any atom is 0.417 e. The first-order valence-corrected chi connectivity index (χ1v) is 10.6. The van der Waals surface area contributed by atoms with Crippen molar-refractivity contribution in [3.05, 3.63) is 0 Å². The molecule has 0 saturated heterocycles. The SMILES string of the molecule is CC1CCC(C(C)C)C(OC(=O)C(=O)OC2CC(C)CCC2C(C)C)C1. The van der Waals surface area contributed by atoms with E-state index in [-0.39, 0.29) is 12.2 Å². The van der Waals surface area contributed by atoms with Crippen LogP contribution < -0.4 is 0 Å². The molecular formula is C22H38O4. The lowest BCUT2D eigenvalue weighted by molar-refractivity contribution is -0.181. The van der Waals surface area contributed by atoms with Crippen LogP contribution in [0.25, 0.3) is 0 Å². The average molecular weight is 367 g/mol. The van der Waals surface area contributed by atoms with Crippen LogP contribution in [0, 0.1) is 35.5 Å². The predicted molar refractivity (Wildman–Crippen MR) is 102 cm³/mol. The van der Waals surface area contributed by atoms with Crippen molar-refractivity contribution in [3.63, 3.8) is 0 Å². The first kappa shape index (κ1) is 21.2. The van der Waals surface area contributed by atoms with E-state index in [1.54, 1.807) is 0 Å². The zero-order valence-corrected chi connectivity index (χ0v) is 17.5. The van der Waals surface area contributed by atoms with Crippen molar-refractivity contribution in [1.82, 2.24) is 0 Å². The summed E-state index contributed by atoms with van der Waals surface area (Å²) in [6, 6.07) is 0. The molecule has 0 aromatic heterocycles. The van der Waals surface area contributed by atoms with Crippen LogP contribution in [-0.2, 0) is 19.1 Å². The molecule has 6 atom stereocenters. The fourth-order valence-corrected chi connectivity index (χ4v) is 4.87. The maximum absolute atomic E-state index is 12.4. The molecule has 0 aliphatic heterocycles. The highest BCUT2D eigenvalue weighted by molar-refractivity contribution is 6.29. The molecule has 0 N–H and O–H groups in total. The van der Waals surface area contributed by atoms with Gasteiger partial charge < -0.3 is 9.47 Å². The van der Waals surface area contributed by atoms with Crippen LogP contribution in [0.5, 0.6) is 0 Å². The average Bonchev–Trinajstić information content (AvgIpc) is 2.54. The van der Waals surface area contributed by atoms with Crippen molar-refractivity contribution < 1.29 is 19.1 Å². The molecule has 150 valence electrons. The number of carbonyl (C=O) groups excluding carboxylic acids is 2. The number of esters is 2. The van der Waals surface area contributed by atoms with Gasteiger partial charge in [-0.25, -0.2) is 9.59 Å². The number of hydrogen-bond donors (Lipinski definition) is 0. The predicted octanol–water partition coefficient (Wildman–Crippen LogP) is 4.99. The van der Waals surface area contributed by atoms with Crippen LogP contribution in [0.2, 0.25) is 0 Å². The lowest BCUT2D eigenvalue weighted by Crippen LogP contribution is -2.41. The smallest absolute Gasteiger partial charge is 0.417 e. The monoisotopic (exact) mass is 366 g/mol. The Morgan fingerprint density at radius 1 is 0.692 bits per heavy atom. The minimum atomic E-state index is -0.796. The van der Waals surface area contributed by atoms with Crippen molar-refractivity contribution in [1.29, 1.82) is 0 Å². The van der Waals surface area contributed by atoms with E-state index in [0.717, 1.165) is 38.5 Å². The van der Waals surface area contributed by atoms with Gasteiger partial charge in [0.25, 0.3) is 0 Å². The second-order valence-corrected chi connectivity index (χ2v) is 9.54. The highest BCUT2D eigenvalue weighted by Gasteiger charge is 2.38. The van der Waals surface area contributed by atoms with E-state index < -0.39 is 11.9 Å². The quantitative estimate of drug-likeness (QED) is 0.519. The van der Waals surface area contributed by atoms with Gasteiger partial charge in [-0.05, 0) is 61.2 Å². The topological polar surface area (TPSA) is 52.6 Å². The molecule has 0 bridgehead atoms. The highest BCUT2D eigenvalue weighted by atomic mass is 16.6. The van der Waals surface area contributed by atoms with Crippen molar-refractivity contribution in [2.24, 2.45) is 35.5 Å². The van der Waals surface area contributed by atoms with Gasteiger partial charge in [0, 0.05) is 0 Å². The van der Waals surface area contributed by atoms with E-state index >= 15 is 0 Å². The summed E-state index contributed by atoms with van der Waals surface area (Å²) in [5.41, 5.74) is 0. The first-order chi connectivity index (χ1) is 12.2. The van der Waals surface area contributed by atoms with Crippen molar-refractivity contribution in [3.8, 4) is 0 Å². The van der Waals surface area contributed by atoms with E-state index in [0.29, 0.717) is 35.5 Å². The zero-order chi connectivity index (χ0) is 19.4. The van der Waals surface area contributed by atoms with Crippen molar-refractivity contribution in [2.45, 2.75) is 92.3 Å². The fraction of sp³-hybridized carbons (Fsp3) is 0.909. The third-order valence-electron chi connectivity index (χ3n) is 6.61. The minimum absolute atomic E-state index is 0.162. The standard InChI is InChI=1S/C22H38O4/c1-13(2)17-9-7-15(5)11-19(17)25-21(23)22(24)26-20-12-16(6)8-10-18(20)14(3)4/h13-20H,7-12H2,1-6H3. The van der Waals surface area contributed by atoms with Crippen LogP contribution in [0.3, 0.4) is 0 Å². The van der Waals surface area contributed by atoms with Gasteiger partial charge in [0.2, 0.25) is 0 Å². The number of carbonyl (C=O) groups is 2. The molecule has 0 spiro atoms. The molecule has 2 aliphatic rings. The summed E-state index contributed by atoms with van der Waals surface area (Å²) in [6.45, 7) is 13.0. The largest absolute Gasteiger partial charge is 0.454 e. The summed E-state index contributed by atoms with van der Waals surface area (Å²) in [5, 5.41) is 0. The Morgan fingerprint density at radius 3 is 1.35 bits per heavy atom. The summed E-state index contributed by atoms with van der Waals surface area (Å²) in [6.07, 6.45) is 5.81. The van der Waals surface area contributed by atoms with E-state index in [1.807, 2.05) is 0 Å². The van der Waals surface area contributed by atoms with Crippen LogP contribution >= 0.6 is 0 Å². The summed E-state index contributed by atoms with van der Waals surface area (Å²) in [4.78, 5) is 24.8. The molecule has 4 heteroatoms. The van der Waals surface area contributed by atoms with Gasteiger partial charge in [0.1, 0.15) is 12.2 Å². The summed E-state index contributed by atoms with van der Waals surface area (Å²) in [7, 11) is 0. The number of rotatable bonds is 4. The molecule has 2 fully saturated rings. The van der Waals surface area contributed by atoms with Gasteiger partial charge in [-0.1, -0.05) is 54.4 Å². The Hall–Kier alpha value is -1.06. The third-order valence-corrected chi connectivity index (χ3v) is 6.61. The van der Waals surface area contributed by atoms with E-state index in [2.05, 4.69) is 41.5 Å². The maximum atomic E-state index is 12.4. The fourth-order valence-electron chi connectivity index (χ4n) is 4.87. The van der Waals surface area contributed by atoms with Gasteiger partial charge in [0.15, 0.2) is 0 Å². The molecule has 0 aromatic rings. The molecule has 0 heterocycles. The van der Waals surface area contributed by atoms with E-state index in [1.165, 1.54) is 0 Å².